The molecule has 38 heavy (non-hydrogen) atoms. The Bertz CT molecular complexity index is 1710. The van der Waals surface area contributed by atoms with Crippen LogP contribution < -0.4 is 5.73 Å². The van der Waals surface area contributed by atoms with Crippen LogP contribution in [0.3, 0.4) is 0 Å². The summed E-state index contributed by atoms with van der Waals surface area (Å²) in [6.07, 6.45) is 7.30. The zero-order valence-corrected chi connectivity index (χ0v) is 22.2. The maximum Gasteiger partial charge on any atom is 0.151 e. The lowest BCUT2D eigenvalue weighted by atomic mass is 10.0. The molecule has 3 aromatic heterocycles. The van der Waals surface area contributed by atoms with E-state index in [1.807, 2.05) is 27.4 Å². The standard InChI is InChI=1S/C28H31N7O2S/c1-38(36,37)24-11-13-33(18-24)12-5-8-23-15-25(27-28(29)30-19-31-35(23)27)21-9-10-22-17-34(32-26(22)14-21)16-20-6-3-2-4-7-20/h2-4,6-7,9-10,14-15,17,19,24H,5,8,11-13,16,18H2,1H3,(H2,29,30,31). The number of hydrogen-bond donors (Lipinski definition) is 1. The first-order valence-electron chi connectivity index (χ1n) is 12.9. The van der Waals surface area contributed by atoms with Gasteiger partial charge in [0.15, 0.2) is 15.7 Å². The van der Waals surface area contributed by atoms with Crippen molar-refractivity contribution in [3.05, 3.63) is 78.4 Å². The van der Waals surface area contributed by atoms with Gasteiger partial charge in [0.2, 0.25) is 0 Å². The summed E-state index contributed by atoms with van der Waals surface area (Å²) >= 11 is 0. The van der Waals surface area contributed by atoms with Crippen molar-refractivity contribution in [3.63, 3.8) is 0 Å². The first-order chi connectivity index (χ1) is 18.3. The number of benzene rings is 2. The van der Waals surface area contributed by atoms with Crippen LogP contribution in [0.2, 0.25) is 0 Å². The molecule has 0 aliphatic carbocycles. The third-order valence-electron chi connectivity index (χ3n) is 7.45. The van der Waals surface area contributed by atoms with Gasteiger partial charge in [-0.05, 0) is 55.6 Å². The Morgan fingerprint density at radius 1 is 1.11 bits per heavy atom. The van der Waals surface area contributed by atoms with Crippen LogP contribution in [0.15, 0.2) is 67.1 Å². The van der Waals surface area contributed by atoms with Crippen molar-refractivity contribution >= 4 is 32.1 Å². The fraction of sp³-hybridized carbons (Fsp3) is 0.321. The van der Waals surface area contributed by atoms with E-state index in [2.05, 4.69) is 57.6 Å². The average molecular weight is 530 g/mol. The fourth-order valence-electron chi connectivity index (χ4n) is 5.45. The van der Waals surface area contributed by atoms with E-state index in [-0.39, 0.29) is 5.25 Å². The van der Waals surface area contributed by atoms with Gasteiger partial charge in [0.05, 0.1) is 17.3 Å². The number of fused-ring (bicyclic) bond motifs is 2. The van der Waals surface area contributed by atoms with Gasteiger partial charge < -0.3 is 10.6 Å². The third-order valence-corrected chi connectivity index (χ3v) is 9.05. The van der Waals surface area contributed by atoms with Crippen LogP contribution in [0.5, 0.6) is 0 Å². The Kier molecular flexibility index (Phi) is 6.37. The molecule has 9 nitrogen and oxygen atoms in total. The molecule has 2 N–H and O–H groups in total. The molecule has 0 saturated carbocycles. The van der Waals surface area contributed by atoms with E-state index >= 15 is 0 Å². The maximum absolute atomic E-state index is 11.9. The SMILES string of the molecule is CS(=O)(=O)C1CCN(CCCc2cc(-c3ccc4cn(Cc5ccccc5)nc4c3)c3c(N)ncnn23)C1. The summed E-state index contributed by atoms with van der Waals surface area (Å²) in [5.74, 6) is 0.437. The molecule has 0 spiro atoms. The molecule has 1 atom stereocenters. The summed E-state index contributed by atoms with van der Waals surface area (Å²) < 4.78 is 27.6. The van der Waals surface area contributed by atoms with Gasteiger partial charge in [-0.1, -0.05) is 42.5 Å². The number of nitrogens with two attached hydrogens (primary N) is 1. The number of anilines is 1. The van der Waals surface area contributed by atoms with E-state index in [9.17, 15) is 8.42 Å². The highest BCUT2D eigenvalue weighted by Gasteiger charge is 2.29. The van der Waals surface area contributed by atoms with Gasteiger partial charge in [-0.3, -0.25) is 4.68 Å². The fourth-order valence-corrected chi connectivity index (χ4v) is 6.47. The lowest BCUT2D eigenvalue weighted by molar-refractivity contribution is 0.333. The predicted molar refractivity (Wildman–Crippen MR) is 150 cm³/mol. The molecule has 0 amide bonds. The number of aromatic nitrogens is 5. The summed E-state index contributed by atoms with van der Waals surface area (Å²) in [6, 6.07) is 18.7. The summed E-state index contributed by atoms with van der Waals surface area (Å²) in [6.45, 7) is 3.00. The number of hydrogen-bond acceptors (Lipinski definition) is 7. The molecule has 4 heterocycles. The van der Waals surface area contributed by atoms with Gasteiger partial charge in [0, 0.05) is 35.6 Å². The first-order valence-corrected chi connectivity index (χ1v) is 14.8. The van der Waals surface area contributed by atoms with Crippen LogP contribution in [0.1, 0.15) is 24.1 Å². The summed E-state index contributed by atoms with van der Waals surface area (Å²) in [7, 11) is -2.99. The van der Waals surface area contributed by atoms with E-state index < -0.39 is 9.84 Å². The normalized spacial score (nSPS) is 16.6. The Hall–Kier alpha value is -3.76. The van der Waals surface area contributed by atoms with Crippen molar-refractivity contribution < 1.29 is 8.42 Å². The second-order valence-corrected chi connectivity index (χ2v) is 12.5. The monoisotopic (exact) mass is 529 g/mol. The van der Waals surface area contributed by atoms with E-state index in [0.29, 0.717) is 25.3 Å². The lowest BCUT2D eigenvalue weighted by Crippen LogP contribution is -2.27. The molecule has 1 saturated heterocycles. The summed E-state index contributed by atoms with van der Waals surface area (Å²) in [4.78, 5) is 6.50. The topological polar surface area (TPSA) is 111 Å². The predicted octanol–water partition coefficient (Wildman–Crippen LogP) is 3.43. The van der Waals surface area contributed by atoms with E-state index in [1.165, 1.54) is 18.1 Å². The zero-order valence-electron chi connectivity index (χ0n) is 21.4. The van der Waals surface area contributed by atoms with Crippen molar-refractivity contribution in [3.8, 4) is 11.1 Å². The van der Waals surface area contributed by atoms with Crippen molar-refractivity contribution in [1.82, 2.24) is 29.3 Å². The highest BCUT2D eigenvalue weighted by Crippen LogP contribution is 2.32. The molecule has 0 radical (unpaired) electrons. The van der Waals surface area contributed by atoms with Crippen molar-refractivity contribution in [1.29, 1.82) is 0 Å². The summed E-state index contributed by atoms with van der Waals surface area (Å²) in [5, 5.41) is 10.2. The minimum atomic E-state index is -2.99. The highest BCUT2D eigenvalue weighted by molar-refractivity contribution is 7.91. The van der Waals surface area contributed by atoms with Gasteiger partial charge in [0.25, 0.3) is 0 Å². The molecular formula is C28H31N7O2S. The highest BCUT2D eigenvalue weighted by atomic mass is 32.2. The number of sulfone groups is 1. The van der Waals surface area contributed by atoms with Gasteiger partial charge >= 0.3 is 0 Å². The van der Waals surface area contributed by atoms with Crippen LogP contribution in [-0.4, -0.2) is 68.8 Å². The molecular weight excluding hydrogens is 498 g/mol. The van der Waals surface area contributed by atoms with Crippen LogP contribution in [0, 0.1) is 0 Å². The van der Waals surface area contributed by atoms with Gasteiger partial charge in [0.1, 0.15) is 11.8 Å². The number of aryl methyl sites for hydroxylation is 1. The maximum atomic E-state index is 11.9. The number of nitrogens with zero attached hydrogens (tertiary/aromatic N) is 6. The van der Waals surface area contributed by atoms with Gasteiger partial charge in [-0.15, -0.1) is 0 Å². The lowest BCUT2D eigenvalue weighted by Gasteiger charge is -2.15. The number of rotatable bonds is 8. The molecule has 1 aliphatic heterocycles. The smallest absolute Gasteiger partial charge is 0.151 e. The Labute approximate surface area is 221 Å². The average Bonchev–Trinajstić information content (AvgIpc) is 3.62. The van der Waals surface area contributed by atoms with E-state index in [4.69, 9.17) is 10.8 Å². The van der Waals surface area contributed by atoms with Crippen molar-refractivity contribution in [2.75, 3.05) is 31.6 Å². The minimum absolute atomic E-state index is 0.248. The van der Waals surface area contributed by atoms with Crippen LogP contribution in [0.4, 0.5) is 5.82 Å². The minimum Gasteiger partial charge on any atom is -0.382 e. The molecule has 1 aliphatic rings. The molecule has 5 aromatic rings. The van der Waals surface area contributed by atoms with Gasteiger partial charge in [-0.2, -0.15) is 10.2 Å². The molecule has 2 aromatic carbocycles. The van der Waals surface area contributed by atoms with Gasteiger partial charge in [-0.25, -0.2) is 17.9 Å². The molecule has 1 fully saturated rings. The number of nitrogen functional groups attached to an aromatic ring is 1. The third kappa shape index (κ3) is 4.89. The molecule has 1 unspecified atom stereocenters. The van der Waals surface area contributed by atoms with Crippen molar-refractivity contribution in [2.45, 2.75) is 31.1 Å². The Balaban J connectivity index is 1.24. The number of likely N-dealkylation sites (tertiary alicyclic amines) is 1. The second kappa shape index (κ2) is 9.85. The van der Waals surface area contributed by atoms with E-state index in [0.717, 1.165) is 59.2 Å². The van der Waals surface area contributed by atoms with Crippen LogP contribution >= 0.6 is 0 Å². The van der Waals surface area contributed by atoms with Crippen LogP contribution in [-0.2, 0) is 22.8 Å². The van der Waals surface area contributed by atoms with E-state index in [1.54, 1.807) is 0 Å². The van der Waals surface area contributed by atoms with Crippen molar-refractivity contribution in [2.24, 2.45) is 0 Å². The Morgan fingerprint density at radius 2 is 1.95 bits per heavy atom. The molecule has 196 valence electrons. The quantitative estimate of drug-likeness (QED) is 0.328. The second-order valence-electron chi connectivity index (χ2n) is 10.2. The van der Waals surface area contributed by atoms with Crippen LogP contribution in [0.25, 0.3) is 27.5 Å². The summed E-state index contributed by atoms with van der Waals surface area (Å²) in [5.41, 5.74) is 12.3. The molecule has 6 rings (SSSR count). The first kappa shape index (κ1) is 24.6. The molecule has 10 heteroatoms. The largest absolute Gasteiger partial charge is 0.382 e. The zero-order chi connectivity index (χ0) is 26.3. The molecule has 0 bridgehead atoms. The Morgan fingerprint density at radius 3 is 2.74 bits per heavy atom.